The molecule has 0 radical (unpaired) electrons. The van der Waals surface area contributed by atoms with E-state index in [4.69, 9.17) is 9.84 Å². The van der Waals surface area contributed by atoms with Gasteiger partial charge in [-0.1, -0.05) is 61.4 Å². The normalized spacial score (nSPS) is 19.1. The van der Waals surface area contributed by atoms with E-state index in [2.05, 4.69) is 29.6 Å². The monoisotopic (exact) mass is 478 g/mol. The highest BCUT2D eigenvalue weighted by atomic mass is 16.5. The number of nitrogens with zero attached hydrogens (tertiary/aromatic N) is 1. The van der Waals surface area contributed by atoms with Gasteiger partial charge in [0, 0.05) is 24.4 Å². The van der Waals surface area contributed by atoms with E-state index in [9.17, 15) is 14.4 Å². The second-order valence-electron chi connectivity index (χ2n) is 9.83. The van der Waals surface area contributed by atoms with Gasteiger partial charge in [0.2, 0.25) is 5.91 Å². The Kier molecular flexibility index (Phi) is 7.73. The lowest BCUT2D eigenvalue weighted by Gasteiger charge is -2.34. The minimum atomic E-state index is -1.02. The van der Waals surface area contributed by atoms with Crippen molar-refractivity contribution in [3.63, 3.8) is 0 Å². The molecule has 0 bridgehead atoms. The minimum Gasteiger partial charge on any atom is -0.480 e. The number of benzene rings is 2. The Labute approximate surface area is 206 Å². The first-order chi connectivity index (χ1) is 16.8. The second-order valence-corrected chi connectivity index (χ2v) is 9.83. The van der Waals surface area contributed by atoms with E-state index in [0.717, 1.165) is 36.8 Å². The highest BCUT2D eigenvalue weighted by Crippen LogP contribution is 2.44. The van der Waals surface area contributed by atoms with Crippen molar-refractivity contribution in [3.8, 4) is 11.1 Å². The van der Waals surface area contributed by atoms with E-state index in [1.807, 2.05) is 38.1 Å². The van der Waals surface area contributed by atoms with Crippen molar-refractivity contribution in [3.05, 3.63) is 59.7 Å². The summed E-state index contributed by atoms with van der Waals surface area (Å²) in [5.74, 6) is -1.25. The van der Waals surface area contributed by atoms with Gasteiger partial charge >= 0.3 is 12.1 Å². The SMILES string of the molecule is CC(C)N(CC(=O)O)C(=O)C[C@@H]1CCCC[C@@H]1NC(=O)OCC1c2ccccc2-c2ccccc21. The van der Waals surface area contributed by atoms with E-state index < -0.39 is 12.1 Å². The van der Waals surface area contributed by atoms with Gasteiger partial charge in [0.1, 0.15) is 13.2 Å². The van der Waals surface area contributed by atoms with Crippen LogP contribution in [-0.2, 0) is 14.3 Å². The van der Waals surface area contributed by atoms with Gasteiger partial charge < -0.3 is 20.1 Å². The smallest absolute Gasteiger partial charge is 0.407 e. The largest absolute Gasteiger partial charge is 0.480 e. The maximum absolute atomic E-state index is 12.9. The van der Waals surface area contributed by atoms with Crippen LogP contribution in [0.25, 0.3) is 11.1 Å². The van der Waals surface area contributed by atoms with Gasteiger partial charge in [0.15, 0.2) is 0 Å². The van der Waals surface area contributed by atoms with Gasteiger partial charge in [0.25, 0.3) is 0 Å². The predicted molar refractivity (Wildman–Crippen MR) is 133 cm³/mol. The first-order valence-corrected chi connectivity index (χ1v) is 12.5. The summed E-state index contributed by atoms with van der Waals surface area (Å²) in [4.78, 5) is 38.3. The van der Waals surface area contributed by atoms with Crippen LogP contribution < -0.4 is 5.32 Å². The summed E-state index contributed by atoms with van der Waals surface area (Å²) in [7, 11) is 0. The first kappa shape index (κ1) is 24.8. The molecule has 7 heteroatoms. The average molecular weight is 479 g/mol. The first-order valence-electron chi connectivity index (χ1n) is 12.5. The van der Waals surface area contributed by atoms with Gasteiger partial charge in [-0.05, 0) is 54.9 Å². The summed E-state index contributed by atoms with van der Waals surface area (Å²) in [5, 5.41) is 12.2. The van der Waals surface area contributed by atoms with Crippen LogP contribution in [0.3, 0.4) is 0 Å². The number of aliphatic carboxylic acids is 1. The summed E-state index contributed by atoms with van der Waals surface area (Å²) in [6, 6.07) is 16.1. The Morgan fingerprint density at radius 1 is 1.00 bits per heavy atom. The zero-order valence-electron chi connectivity index (χ0n) is 20.4. The number of carbonyl (C=O) groups is 3. The molecule has 2 amide bonds. The number of ether oxygens (including phenoxy) is 1. The lowest BCUT2D eigenvalue weighted by molar-refractivity contribution is -0.146. The van der Waals surface area contributed by atoms with Crippen molar-refractivity contribution in [2.75, 3.05) is 13.2 Å². The number of hydrogen-bond acceptors (Lipinski definition) is 4. The number of alkyl carbamates (subject to hydrolysis) is 1. The van der Waals surface area contributed by atoms with Crippen molar-refractivity contribution in [2.24, 2.45) is 5.92 Å². The third-order valence-corrected chi connectivity index (χ3v) is 7.24. The third kappa shape index (κ3) is 5.66. The molecule has 0 aliphatic heterocycles. The van der Waals surface area contributed by atoms with E-state index in [1.165, 1.54) is 16.0 Å². The molecular formula is C28H34N2O5. The zero-order valence-corrected chi connectivity index (χ0v) is 20.4. The summed E-state index contributed by atoms with van der Waals surface area (Å²) >= 11 is 0. The van der Waals surface area contributed by atoms with E-state index in [0.29, 0.717) is 0 Å². The van der Waals surface area contributed by atoms with Crippen molar-refractivity contribution in [2.45, 2.75) is 64.0 Å². The highest BCUT2D eigenvalue weighted by Gasteiger charge is 2.33. The molecule has 4 rings (SSSR count). The topological polar surface area (TPSA) is 95.9 Å². The van der Waals surface area contributed by atoms with E-state index in [1.54, 1.807) is 0 Å². The molecule has 2 aromatic rings. The molecular weight excluding hydrogens is 444 g/mol. The average Bonchev–Trinajstić information content (AvgIpc) is 3.16. The molecule has 2 aromatic carbocycles. The quantitative estimate of drug-likeness (QED) is 0.568. The second kappa shape index (κ2) is 10.9. The van der Waals surface area contributed by atoms with Crippen molar-refractivity contribution in [1.29, 1.82) is 0 Å². The Bertz CT molecular complexity index is 1040. The van der Waals surface area contributed by atoms with Crippen LogP contribution in [0.1, 0.15) is 63.0 Å². The lowest BCUT2D eigenvalue weighted by atomic mass is 9.82. The number of carboxylic acid groups (broad SMARTS) is 1. The Hall–Kier alpha value is -3.35. The van der Waals surface area contributed by atoms with Gasteiger partial charge in [0.05, 0.1) is 0 Å². The molecule has 2 aliphatic carbocycles. The summed E-state index contributed by atoms with van der Waals surface area (Å²) in [5.41, 5.74) is 4.68. The number of amides is 2. The summed E-state index contributed by atoms with van der Waals surface area (Å²) in [6.07, 6.45) is 3.31. The number of fused-ring (bicyclic) bond motifs is 3. The maximum atomic E-state index is 12.9. The molecule has 0 unspecified atom stereocenters. The fourth-order valence-electron chi connectivity index (χ4n) is 5.48. The number of nitrogens with one attached hydrogen (secondary N) is 1. The fourth-order valence-corrected chi connectivity index (χ4v) is 5.48. The van der Waals surface area contributed by atoms with Crippen LogP contribution >= 0.6 is 0 Å². The standard InChI is InChI=1S/C28H34N2O5/c1-18(2)30(16-27(32)33)26(31)15-19-9-3-8-14-25(19)29-28(34)35-17-24-22-12-6-4-10-20(22)21-11-5-7-13-23(21)24/h4-7,10-13,18-19,24-25H,3,8-9,14-17H2,1-2H3,(H,29,34)(H,32,33)/t19-,25-/m0/s1. The minimum absolute atomic E-state index is 0.00695. The van der Waals surface area contributed by atoms with Crippen LogP contribution in [0.15, 0.2) is 48.5 Å². The van der Waals surface area contributed by atoms with Crippen molar-refractivity contribution < 1.29 is 24.2 Å². The number of hydrogen-bond donors (Lipinski definition) is 2. The zero-order chi connectivity index (χ0) is 24.9. The van der Waals surface area contributed by atoms with Gasteiger partial charge in [-0.25, -0.2) is 4.79 Å². The molecule has 0 heterocycles. The van der Waals surface area contributed by atoms with Gasteiger partial charge in [-0.3, -0.25) is 9.59 Å². The molecule has 2 atom stereocenters. The molecule has 2 aliphatic rings. The van der Waals surface area contributed by atoms with Crippen LogP contribution in [-0.4, -0.2) is 53.2 Å². The molecule has 186 valence electrons. The third-order valence-electron chi connectivity index (χ3n) is 7.24. The highest BCUT2D eigenvalue weighted by molar-refractivity contribution is 5.82. The molecule has 0 spiro atoms. The van der Waals surface area contributed by atoms with Crippen molar-refractivity contribution >= 4 is 18.0 Å². The number of rotatable bonds is 8. The van der Waals surface area contributed by atoms with Crippen LogP contribution in [0, 0.1) is 5.92 Å². The lowest BCUT2D eigenvalue weighted by Crippen LogP contribution is -2.46. The van der Waals surface area contributed by atoms with Crippen molar-refractivity contribution in [1.82, 2.24) is 10.2 Å². The Balaban J connectivity index is 1.37. The van der Waals surface area contributed by atoms with Crippen LogP contribution in [0.4, 0.5) is 4.79 Å². The molecule has 2 N–H and O–H groups in total. The van der Waals surface area contributed by atoms with E-state index >= 15 is 0 Å². The van der Waals surface area contributed by atoms with Crippen LogP contribution in [0.5, 0.6) is 0 Å². The fraction of sp³-hybridized carbons (Fsp3) is 0.464. The Morgan fingerprint density at radius 2 is 1.60 bits per heavy atom. The molecule has 7 nitrogen and oxygen atoms in total. The van der Waals surface area contributed by atoms with Crippen LogP contribution in [0.2, 0.25) is 0 Å². The Morgan fingerprint density at radius 3 is 2.20 bits per heavy atom. The molecule has 1 fully saturated rings. The molecule has 0 aromatic heterocycles. The maximum Gasteiger partial charge on any atom is 0.407 e. The van der Waals surface area contributed by atoms with Gasteiger partial charge in [-0.15, -0.1) is 0 Å². The number of carbonyl (C=O) groups excluding carboxylic acids is 2. The predicted octanol–water partition coefficient (Wildman–Crippen LogP) is 4.80. The molecule has 35 heavy (non-hydrogen) atoms. The summed E-state index contributed by atoms with van der Waals surface area (Å²) in [6.45, 7) is 3.56. The molecule has 0 saturated heterocycles. The molecule has 1 saturated carbocycles. The van der Waals surface area contributed by atoms with Gasteiger partial charge in [-0.2, -0.15) is 0 Å². The van der Waals surface area contributed by atoms with E-state index in [-0.39, 0.29) is 49.4 Å². The summed E-state index contributed by atoms with van der Waals surface area (Å²) < 4.78 is 5.71. The number of carboxylic acids is 1.